The normalized spacial score (nSPS) is 16.3. The second-order valence-corrected chi connectivity index (χ2v) is 6.79. The van der Waals surface area contributed by atoms with Crippen LogP contribution in [-0.2, 0) is 19.6 Å². The fourth-order valence-electron chi connectivity index (χ4n) is 1.57. The molecule has 1 aromatic carbocycles. The quantitative estimate of drug-likeness (QED) is 0.799. The van der Waals surface area contributed by atoms with Gasteiger partial charge in [0, 0.05) is 6.04 Å². The molecule has 1 aliphatic carbocycles. The number of esters is 1. The van der Waals surface area contributed by atoms with Crippen LogP contribution < -0.4 is 4.72 Å². The van der Waals surface area contributed by atoms with E-state index in [-0.39, 0.29) is 22.3 Å². The van der Waals surface area contributed by atoms with Crippen LogP contribution in [0.25, 0.3) is 0 Å². The van der Waals surface area contributed by atoms with Gasteiger partial charge in [0.25, 0.3) is 0 Å². The Labute approximate surface area is 123 Å². The summed E-state index contributed by atoms with van der Waals surface area (Å²) in [4.78, 5) is 22.9. The SMILES string of the molecule is CC(=O)[C@H](C)OC(=O)c1ccc(S(=O)(=O)NC2CC2)cc1. The average Bonchev–Trinajstić information content (AvgIpc) is 3.22. The van der Waals surface area contributed by atoms with Crippen LogP contribution in [0.5, 0.6) is 0 Å². The van der Waals surface area contributed by atoms with Crippen molar-refractivity contribution in [3.63, 3.8) is 0 Å². The van der Waals surface area contributed by atoms with E-state index in [9.17, 15) is 18.0 Å². The number of carbonyl (C=O) groups excluding carboxylic acids is 2. The first-order chi connectivity index (χ1) is 9.79. The summed E-state index contributed by atoms with van der Waals surface area (Å²) in [6.45, 7) is 2.82. The predicted octanol–water partition coefficient (Wildman–Crippen LogP) is 1.26. The molecular weight excluding hydrogens is 294 g/mol. The smallest absolute Gasteiger partial charge is 0.338 e. The van der Waals surface area contributed by atoms with E-state index in [4.69, 9.17) is 4.74 Å². The van der Waals surface area contributed by atoms with Gasteiger partial charge in [-0.1, -0.05) is 0 Å². The maximum Gasteiger partial charge on any atom is 0.338 e. The maximum absolute atomic E-state index is 12.0. The van der Waals surface area contributed by atoms with Gasteiger partial charge in [-0.05, 0) is 51.0 Å². The molecule has 1 fully saturated rings. The first-order valence-electron chi connectivity index (χ1n) is 6.63. The minimum Gasteiger partial charge on any atom is -0.451 e. The summed E-state index contributed by atoms with van der Waals surface area (Å²) in [5.41, 5.74) is 0.202. The Morgan fingerprint density at radius 3 is 2.29 bits per heavy atom. The summed E-state index contributed by atoms with van der Waals surface area (Å²) in [5, 5.41) is 0. The molecule has 0 aliphatic heterocycles. The van der Waals surface area contributed by atoms with Crippen LogP contribution in [-0.4, -0.2) is 32.3 Å². The lowest BCUT2D eigenvalue weighted by Gasteiger charge is -2.10. The number of rotatable bonds is 6. The molecule has 7 heteroatoms. The molecule has 1 N–H and O–H groups in total. The third-order valence-electron chi connectivity index (χ3n) is 3.16. The van der Waals surface area contributed by atoms with Crippen LogP contribution in [0.4, 0.5) is 0 Å². The van der Waals surface area contributed by atoms with Gasteiger partial charge in [0.2, 0.25) is 10.0 Å². The molecule has 2 rings (SSSR count). The van der Waals surface area contributed by atoms with Crippen molar-refractivity contribution in [3.05, 3.63) is 29.8 Å². The van der Waals surface area contributed by atoms with E-state index in [0.29, 0.717) is 0 Å². The standard InChI is InChI=1S/C14H17NO5S/c1-9(16)10(2)20-14(17)11-3-7-13(8-4-11)21(18,19)15-12-5-6-12/h3-4,7-8,10,12,15H,5-6H2,1-2H3/t10-/m0/s1. The molecule has 21 heavy (non-hydrogen) atoms. The molecule has 0 spiro atoms. The van der Waals surface area contributed by atoms with Gasteiger partial charge in [0.05, 0.1) is 10.5 Å². The molecule has 1 aliphatic rings. The highest BCUT2D eigenvalue weighted by atomic mass is 32.2. The highest BCUT2D eigenvalue weighted by Gasteiger charge is 2.28. The molecule has 0 aromatic heterocycles. The minimum atomic E-state index is -3.53. The fourth-order valence-corrected chi connectivity index (χ4v) is 2.88. The zero-order valence-electron chi connectivity index (χ0n) is 11.8. The van der Waals surface area contributed by atoms with E-state index in [1.54, 1.807) is 0 Å². The lowest BCUT2D eigenvalue weighted by Crippen LogP contribution is -2.25. The number of ketones is 1. The largest absolute Gasteiger partial charge is 0.451 e. The third-order valence-corrected chi connectivity index (χ3v) is 4.69. The number of benzene rings is 1. The monoisotopic (exact) mass is 311 g/mol. The fraction of sp³-hybridized carbons (Fsp3) is 0.429. The van der Waals surface area contributed by atoms with Crippen molar-refractivity contribution in [1.82, 2.24) is 4.72 Å². The number of Topliss-reactive ketones (excluding diaryl/α,β-unsaturated/α-hetero) is 1. The van der Waals surface area contributed by atoms with E-state index in [0.717, 1.165) is 12.8 Å². The van der Waals surface area contributed by atoms with Crippen LogP contribution in [0.3, 0.4) is 0 Å². The number of carbonyl (C=O) groups is 2. The zero-order chi connectivity index (χ0) is 15.6. The number of sulfonamides is 1. The first-order valence-corrected chi connectivity index (χ1v) is 8.12. The van der Waals surface area contributed by atoms with Gasteiger partial charge in [-0.15, -0.1) is 0 Å². The Balaban J connectivity index is 2.07. The van der Waals surface area contributed by atoms with Gasteiger partial charge in [0.15, 0.2) is 11.9 Å². The van der Waals surface area contributed by atoms with Crippen molar-refractivity contribution >= 4 is 21.8 Å². The van der Waals surface area contributed by atoms with E-state index in [1.165, 1.54) is 38.1 Å². The summed E-state index contributed by atoms with van der Waals surface area (Å²) in [6, 6.07) is 5.46. The van der Waals surface area contributed by atoms with Crippen molar-refractivity contribution in [2.24, 2.45) is 0 Å². The van der Waals surface area contributed by atoms with Crippen molar-refractivity contribution in [2.75, 3.05) is 0 Å². The topological polar surface area (TPSA) is 89.5 Å². The van der Waals surface area contributed by atoms with Gasteiger partial charge in [-0.2, -0.15) is 0 Å². The molecule has 1 atom stereocenters. The summed E-state index contributed by atoms with van der Waals surface area (Å²) >= 11 is 0. The lowest BCUT2D eigenvalue weighted by molar-refractivity contribution is -0.124. The Morgan fingerprint density at radius 2 is 1.81 bits per heavy atom. The summed E-state index contributed by atoms with van der Waals surface area (Å²) in [5.74, 6) is -0.909. The molecule has 6 nitrogen and oxygen atoms in total. The second kappa shape index (κ2) is 5.95. The number of ether oxygens (including phenoxy) is 1. The van der Waals surface area contributed by atoms with E-state index >= 15 is 0 Å². The minimum absolute atomic E-state index is 0.0241. The Kier molecular flexibility index (Phi) is 4.43. The Bertz CT molecular complexity index is 646. The van der Waals surface area contributed by atoms with Gasteiger partial charge >= 0.3 is 5.97 Å². The maximum atomic E-state index is 12.0. The van der Waals surface area contributed by atoms with Gasteiger partial charge < -0.3 is 4.74 Å². The predicted molar refractivity (Wildman–Crippen MR) is 75.3 cm³/mol. The third kappa shape index (κ3) is 4.12. The Hall–Kier alpha value is -1.73. The van der Waals surface area contributed by atoms with Crippen molar-refractivity contribution in [2.45, 2.75) is 43.7 Å². The van der Waals surface area contributed by atoms with Gasteiger partial charge in [-0.3, -0.25) is 4.79 Å². The highest BCUT2D eigenvalue weighted by Crippen LogP contribution is 2.22. The van der Waals surface area contributed by atoms with Gasteiger partial charge in [-0.25, -0.2) is 17.9 Å². The molecule has 0 saturated heterocycles. The van der Waals surface area contributed by atoms with Crippen LogP contribution in [0.2, 0.25) is 0 Å². The van der Waals surface area contributed by atoms with E-state index < -0.39 is 22.1 Å². The first kappa shape index (κ1) is 15.7. The average molecular weight is 311 g/mol. The molecule has 0 heterocycles. The number of hydrogen-bond donors (Lipinski definition) is 1. The van der Waals surface area contributed by atoms with Crippen LogP contribution >= 0.6 is 0 Å². The lowest BCUT2D eigenvalue weighted by atomic mass is 10.2. The van der Waals surface area contributed by atoms with Crippen molar-refractivity contribution in [1.29, 1.82) is 0 Å². The summed E-state index contributed by atoms with van der Waals surface area (Å²) in [7, 11) is -3.53. The zero-order valence-corrected chi connectivity index (χ0v) is 12.6. The van der Waals surface area contributed by atoms with E-state index in [1.807, 2.05) is 0 Å². The summed E-state index contributed by atoms with van der Waals surface area (Å²) in [6.07, 6.45) is 0.886. The number of nitrogens with one attached hydrogen (secondary N) is 1. The molecule has 0 unspecified atom stereocenters. The number of hydrogen-bond acceptors (Lipinski definition) is 5. The van der Waals surface area contributed by atoms with Crippen molar-refractivity contribution < 1.29 is 22.7 Å². The van der Waals surface area contributed by atoms with Crippen LogP contribution in [0.15, 0.2) is 29.2 Å². The van der Waals surface area contributed by atoms with Crippen LogP contribution in [0, 0.1) is 0 Å². The molecule has 0 amide bonds. The molecule has 1 aromatic rings. The highest BCUT2D eigenvalue weighted by molar-refractivity contribution is 7.89. The van der Waals surface area contributed by atoms with Crippen molar-refractivity contribution in [3.8, 4) is 0 Å². The van der Waals surface area contributed by atoms with E-state index in [2.05, 4.69) is 4.72 Å². The van der Waals surface area contributed by atoms with Crippen LogP contribution in [0.1, 0.15) is 37.0 Å². The summed E-state index contributed by atoms with van der Waals surface area (Å²) < 4.78 is 31.4. The molecular formula is C14H17NO5S. The van der Waals surface area contributed by atoms with Gasteiger partial charge in [0.1, 0.15) is 0 Å². The Morgan fingerprint density at radius 1 is 1.24 bits per heavy atom. The molecule has 0 bridgehead atoms. The molecule has 0 radical (unpaired) electrons. The molecule has 1 saturated carbocycles. The second-order valence-electron chi connectivity index (χ2n) is 5.08. The molecule has 114 valence electrons.